The lowest BCUT2D eigenvalue weighted by atomic mass is 10.2. The van der Waals surface area contributed by atoms with Crippen LogP contribution >= 0.6 is 0 Å². The van der Waals surface area contributed by atoms with E-state index in [0.717, 1.165) is 4.90 Å². The lowest BCUT2D eigenvalue weighted by Gasteiger charge is -2.26. The van der Waals surface area contributed by atoms with Crippen LogP contribution in [0.15, 0.2) is 0 Å². The van der Waals surface area contributed by atoms with Crippen molar-refractivity contribution in [2.75, 3.05) is 38.3 Å². The van der Waals surface area contributed by atoms with E-state index in [0.29, 0.717) is 6.61 Å². The molecule has 9 heteroatoms. The van der Waals surface area contributed by atoms with Crippen LogP contribution in [-0.2, 0) is 19.4 Å². The van der Waals surface area contributed by atoms with Crippen LogP contribution in [0, 0.1) is 0 Å². The molecule has 0 bridgehead atoms. The molecule has 8 nitrogen and oxygen atoms in total. The zero-order valence-corrected chi connectivity index (χ0v) is 11.5. The fourth-order valence-electron chi connectivity index (χ4n) is 1.90. The Hall–Kier alpha value is -1.35. The molecule has 0 aromatic carbocycles. The number of carbonyl (C=O) groups excluding carboxylic acids is 1. The SMILES string of the molecule is COCCNC(=O)N(CC(=O)O)C1CCS(=O)(=O)C1. The van der Waals surface area contributed by atoms with Gasteiger partial charge in [0.2, 0.25) is 0 Å². The van der Waals surface area contributed by atoms with Crippen LogP contribution in [0.25, 0.3) is 0 Å². The number of rotatable bonds is 6. The highest BCUT2D eigenvalue weighted by Crippen LogP contribution is 2.17. The average molecular weight is 294 g/mol. The Morgan fingerprint density at radius 2 is 2.16 bits per heavy atom. The molecule has 0 aromatic rings. The number of hydrogen-bond acceptors (Lipinski definition) is 5. The smallest absolute Gasteiger partial charge is 0.323 e. The Balaban J connectivity index is 2.66. The van der Waals surface area contributed by atoms with Crippen LogP contribution in [0.3, 0.4) is 0 Å². The number of ether oxygens (including phenoxy) is 1. The first-order valence-electron chi connectivity index (χ1n) is 5.81. The molecule has 19 heavy (non-hydrogen) atoms. The summed E-state index contributed by atoms with van der Waals surface area (Å²) < 4.78 is 27.5. The van der Waals surface area contributed by atoms with Crippen LogP contribution in [0.2, 0.25) is 0 Å². The van der Waals surface area contributed by atoms with E-state index in [4.69, 9.17) is 9.84 Å². The summed E-state index contributed by atoms with van der Waals surface area (Å²) in [6, 6.07) is -1.16. The lowest BCUT2D eigenvalue weighted by molar-refractivity contribution is -0.138. The van der Waals surface area contributed by atoms with Crippen LogP contribution in [0.5, 0.6) is 0 Å². The highest BCUT2D eigenvalue weighted by atomic mass is 32.2. The van der Waals surface area contributed by atoms with Crippen LogP contribution < -0.4 is 5.32 Å². The Bertz CT molecular complexity index is 435. The maximum Gasteiger partial charge on any atom is 0.323 e. The second-order valence-corrected chi connectivity index (χ2v) is 6.53. The van der Waals surface area contributed by atoms with Crippen molar-refractivity contribution in [3.8, 4) is 0 Å². The molecular formula is C10H18N2O6S. The molecule has 110 valence electrons. The third-order valence-electron chi connectivity index (χ3n) is 2.80. The van der Waals surface area contributed by atoms with E-state index in [9.17, 15) is 18.0 Å². The van der Waals surface area contributed by atoms with Crippen LogP contribution in [-0.4, -0.2) is 74.8 Å². The van der Waals surface area contributed by atoms with Gasteiger partial charge in [0, 0.05) is 19.7 Å². The summed E-state index contributed by atoms with van der Waals surface area (Å²) in [5.41, 5.74) is 0. The molecule has 1 rings (SSSR count). The Morgan fingerprint density at radius 3 is 2.63 bits per heavy atom. The number of amides is 2. The van der Waals surface area contributed by atoms with Gasteiger partial charge in [0.15, 0.2) is 9.84 Å². The first-order chi connectivity index (χ1) is 8.85. The first-order valence-corrected chi connectivity index (χ1v) is 7.63. The number of nitrogens with one attached hydrogen (secondary N) is 1. The van der Waals surface area contributed by atoms with Gasteiger partial charge in [0.1, 0.15) is 6.54 Å². The molecule has 1 atom stereocenters. The normalized spacial score (nSPS) is 21.0. The number of sulfone groups is 1. The van der Waals surface area contributed by atoms with Crippen molar-refractivity contribution in [2.24, 2.45) is 0 Å². The summed E-state index contributed by atoms with van der Waals surface area (Å²) in [7, 11) is -1.70. The topological polar surface area (TPSA) is 113 Å². The Kier molecular flexibility index (Phi) is 5.55. The number of nitrogens with zero attached hydrogens (tertiary/aromatic N) is 1. The molecule has 0 radical (unpaired) electrons. The van der Waals surface area contributed by atoms with Gasteiger partial charge in [-0.2, -0.15) is 0 Å². The first kappa shape index (κ1) is 15.7. The molecular weight excluding hydrogens is 276 g/mol. The van der Waals surface area contributed by atoms with Crippen LogP contribution in [0.4, 0.5) is 4.79 Å². The molecule has 1 aliphatic rings. The maximum absolute atomic E-state index is 11.9. The molecule has 0 aliphatic carbocycles. The molecule has 1 saturated heterocycles. The summed E-state index contributed by atoms with van der Waals surface area (Å²) in [4.78, 5) is 23.7. The number of aliphatic carboxylic acids is 1. The van der Waals surface area contributed by atoms with Gasteiger partial charge < -0.3 is 20.1 Å². The van der Waals surface area contributed by atoms with E-state index >= 15 is 0 Å². The molecule has 2 amide bonds. The zero-order chi connectivity index (χ0) is 14.5. The van der Waals surface area contributed by atoms with Crippen molar-refractivity contribution in [2.45, 2.75) is 12.5 Å². The van der Waals surface area contributed by atoms with E-state index in [1.54, 1.807) is 0 Å². The van der Waals surface area contributed by atoms with Gasteiger partial charge in [-0.3, -0.25) is 4.79 Å². The summed E-state index contributed by atoms with van der Waals surface area (Å²) in [5.74, 6) is -1.37. The summed E-state index contributed by atoms with van der Waals surface area (Å²) in [6.07, 6.45) is 0.271. The van der Waals surface area contributed by atoms with E-state index in [2.05, 4.69) is 5.32 Å². The number of urea groups is 1. The van der Waals surface area contributed by atoms with E-state index < -0.39 is 34.4 Å². The molecule has 1 fully saturated rings. The minimum Gasteiger partial charge on any atom is -0.480 e. The van der Waals surface area contributed by atoms with Crippen molar-refractivity contribution in [3.05, 3.63) is 0 Å². The fourth-order valence-corrected chi connectivity index (χ4v) is 3.63. The van der Waals surface area contributed by atoms with Crippen molar-refractivity contribution in [1.29, 1.82) is 0 Å². The highest BCUT2D eigenvalue weighted by molar-refractivity contribution is 7.91. The van der Waals surface area contributed by atoms with Gasteiger partial charge in [-0.25, -0.2) is 13.2 Å². The number of carbonyl (C=O) groups is 2. The largest absolute Gasteiger partial charge is 0.480 e. The van der Waals surface area contributed by atoms with E-state index in [1.165, 1.54) is 7.11 Å². The summed E-state index contributed by atoms with van der Waals surface area (Å²) >= 11 is 0. The molecule has 1 heterocycles. The third-order valence-corrected chi connectivity index (χ3v) is 4.55. The van der Waals surface area contributed by atoms with Gasteiger partial charge in [0.05, 0.1) is 18.1 Å². The second-order valence-electron chi connectivity index (χ2n) is 4.30. The molecule has 1 aliphatic heterocycles. The quantitative estimate of drug-likeness (QED) is 0.602. The third kappa shape index (κ3) is 5.03. The Morgan fingerprint density at radius 1 is 1.47 bits per heavy atom. The number of carboxylic acids is 1. The molecule has 1 unspecified atom stereocenters. The molecule has 0 aromatic heterocycles. The van der Waals surface area contributed by atoms with E-state index in [-0.39, 0.29) is 24.5 Å². The Labute approximate surface area is 111 Å². The average Bonchev–Trinajstić information content (AvgIpc) is 2.66. The van der Waals surface area contributed by atoms with Crippen molar-refractivity contribution in [3.63, 3.8) is 0 Å². The van der Waals surface area contributed by atoms with Gasteiger partial charge in [-0.15, -0.1) is 0 Å². The van der Waals surface area contributed by atoms with Gasteiger partial charge in [0.25, 0.3) is 0 Å². The fraction of sp³-hybridized carbons (Fsp3) is 0.800. The van der Waals surface area contributed by atoms with Crippen molar-refractivity contribution < 1.29 is 27.9 Å². The maximum atomic E-state index is 11.9. The predicted octanol–water partition coefficient (Wildman–Crippen LogP) is -1.08. The molecule has 0 saturated carbocycles. The minimum absolute atomic E-state index is 0.0147. The van der Waals surface area contributed by atoms with Crippen molar-refractivity contribution in [1.82, 2.24) is 10.2 Å². The van der Waals surface area contributed by atoms with Gasteiger partial charge >= 0.3 is 12.0 Å². The lowest BCUT2D eigenvalue weighted by Crippen LogP contribution is -2.49. The number of methoxy groups -OCH3 is 1. The number of hydrogen-bond donors (Lipinski definition) is 2. The molecule has 2 N–H and O–H groups in total. The second kappa shape index (κ2) is 6.71. The zero-order valence-electron chi connectivity index (χ0n) is 10.7. The van der Waals surface area contributed by atoms with Crippen molar-refractivity contribution >= 4 is 21.8 Å². The monoisotopic (exact) mass is 294 g/mol. The van der Waals surface area contributed by atoms with Crippen LogP contribution in [0.1, 0.15) is 6.42 Å². The predicted molar refractivity (Wildman–Crippen MR) is 66.7 cm³/mol. The highest BCUT2D eigenvalue weighted by Gasteiger charge is 2.35. The standard InChI is InChI=1S/C10H18N2O6S/c1-18-4-3-11-10(15)12(6-9(13)14)8-2-5-19(16,17)7-8/h8H,2-7H2,1H3,(H,11,15)(H,13,14). The molecule has 0 spiro atoms. The number of carboxylic acid groups (broad SMARTS) is 1. The van der Waals surface area contributed by atoms with Gasteiger partial charge in [-0.05, 0) is 6.42 Å². The summed E-state index contributed by atoms with van der Waals surface area (Å²) in [5, 5.41) is 11.3. The van der Waals surface area contributed by atoms with Gasteiger partial charge in [-0.1, -0.05) is 0 Å². The van der Waals surface area contributed by atoms with E-state index in [1.807, 2.05) is 0 Å². The minimum atomic E-state index is -3.17. The summed E-state index contributed by atoms with van der Waals surface area (Å²) in [6.45, 7) is 0.0273.